The van der Waals surface area contributed by atoms with E-state index in [1.54, 1.807) is 0 Å². The highest BCUT2D eigenvalue weighted by molar-refractivity contribution is 5.38. The second-order valence-electron chi connectivity index (χ2n) is 5.81. The second-order valence-corrected chi connectivity index (χ2v) is 5.81. The van der Waals surface area contributed by atoms with Gasteiger partial charge >= 0.3 is 0 Å². The van der Waals surface area contributed by atoms with E-state index in [0.29, 0.717) is 5.92 Å². The molecule has 0 aliphatic carbocycles. The molecule has 1 aromatic rings. The minimum atomic E-state index is 0.643. The third kappa shape index (κ3) is 6.83. The lowest BCUT2D eigenvalue weighted by Gasteiger charge is -2.13. The van der Waals surface area contributed by atoms with Gasteiger partial charge in [-0.3, -0.25) is 0 Å². The van der Waals surface area contributed by atoms with Crippen LogP contribution in [0.5, 0.6) is 11.5 Å². The Bertz CT molecular complexity index is 343. The third-order valence-electron chi connectivity index (χ3n) is 3.12. The normalized spacial score (nSPS) is 10.8. The predicted molar refractivity (Wildman–Crippen MR) is 85.8 cm³/mol. The van der Waals surface area contributed by atoms with Crippen LogP contribution in [0, 0.1) is 5.92 Å². The van der Waals surface area contributed by atoms with Crippen molar-refractivity contribution in [3.05, 3.63) is 23.8 Å². The SMILES string of the molecule is CCCCOc1cc(CC(C)C)cc(OCCCC)c1. The summed E-state index contributed by atoms with van der Waals surface area (Å²) in [6.45, 7) is 10.4. The molecule has 1 aromatic carbocycles. The summed E-state index contributed by atoms with van der Waals surface area (Å²) in [5, 5.41) is 0. The minimum Gasteiger partial charge on any atom is -0.493 e. The number of rotatable bonds is 10. The van der Waals surface area contributed by atoms with Gasteiger partial charge in [-0.25, -0.2) is 0 Å². The van der Waals surface area contributed by atoms with Gasteiger partial charge in [0.25, 0.3) is 0 Å². The first-order chi connectivity index (χ1) is 9.65. The molecule has 2 nitrogen and oxygen atoms in total. The number of benzene rings is 1. The number of hydrogen-bond donors (Lipinski definition) is 0. The lowest BCUT2D eigenvalue weighted by Crippen LogP contribution is -2.02. The van der Waals surface area contributed by atoms with Gasteiger partial charge in [-0.2, -0.15) is 0 Å². The topological polar surface area (TPSA) is 18.5 Å². The molecule has 0 aliphatic heterocycles. The van der Waals surface area contributed by atoms with Crippen LogP contribution < -0.4 is 9.47 Å². The number of unbranched alkanes of at least 4 members (excludes halogenated alkanes) is 2. The molecule has 0 saturated heterocycles. The van der Waals surface area contributed by atoms with Crippen LogP contribution in [0.25, 0.3) is 0 Å². The average molecular weight is 278 g/mol. The van der Waals surface area contributed by atoms with E-state index in [-0.39, 0.29) is 0 Å². The summed E-state index contributed by atoms with van der Waals surface area (Å²) in [7, 11) is 0. The van der Waals surface area contributed by atoms with E-state index in [0.717, 1.165) is 56.8 Å². The molecule has 0 saturated carbocycles. The molecule has 0 atom stereocenters. The van der Waals surface area contributed by atoms with Crippen LogP contribution in [0.2, 0.25) is 0 Å². The zero-order chi connectivity index (χ0) is 14.8. The molecule has 1 rings (SSSR count). The Morgan fingerprint density at radius 2 is 1.35 bits per heavy atom. The van der Waals surface area contributed by atoms with Crippen molar-refractivity contribution in [3.63, 3.8) is 0 Å². The molecule has 0 fully saturated rings. The Morgan fingerprint density at radius 3 is 1.75 bits per heavy atom. The van der Waals surface area contributed by atoms with Crippen LogP contribution in [0.4, 0.5) is 0 Å². The predicted octanol–water partition coefficient (Wildman–Crippen LogP) is 5.24. The van der Waals surface area contributed by atoms with Crippen LogP contribution in [0.3, 0.4) is 0 Å². The lowest BCUT2D eigenvalue weighted by molar-refractivity contribution is 0.293. The van der Waals surface area contributed by atoms with E-state index in [4.69, 9.17) is 9.47 Å². The van der Waals surface area contributed by atoms with Crippen LogP contribution in [0.1, 0.15) is 58.9 Å². The van der Waals surface area contributed by atoms with Crippen molar-refractivity contribution in [2.45, 2.75) is 59.8 Å². The summed E-state index contributed by atoms with van der Waals surface area (Å²) >= 11 is 0. The van der Waals surface area contributed by atoms with E-state index in [1.807, 2.05) is 6.07 Å². The number of ether oxygens (including phenoxy) is 2. The molecule has 0 unspecified atom stereocenters. The summed E-state index contributed by atoms with van der Waals surface area (Å²) in [6.07, 6.45) is 5.58. The summed E-state index contributed by atoms with van der Waals surface area (Å²) in [6, 6.07) is 6.33. The highest BCUT2D eigenvalue weighted by atomic mass is 16.5. The first kappa shape index (κ1) is 16.9. The monoisotopic (exact) mass is 278 g/mol. The maximum Gasteiger partial charge on any atom is 0.123 e. The molecule has 0 bridgehead atoms. The lowest BCUT2D eigenvalue weighted by atomic mass is 10.0. The highest BCUT2D eigenvalue weighted by Crippen LogP contribution is 2.25. The fraction of sp³-hybridized carbons (Fsp3) is 0.667. The smallest absolute Gasteiger partial charge is 0.123 e. The zero-order valence-electron chi connectivity index (χ0n) is 13.6. The second kappa shape index (κ2) is 9.68. The summed E-state index contributed by atoms with van der Waals surface area (Å²) in [5.74, 6) is 2.54. The maximum absolute atomic E-state index is 5.84. The Kier molecular flexibility index (Phi) is 8.17. The Hall–Kier alpha value is -1.18. The van der Waals surface area contributed by atoms with Crippen molar-refractivity contribution >= 4 is 0 Å². The van der Waals surface area contributed by atoms with Crippen LogP contribution in [-0.2, 0) is 6.42 Å². The molecule has 0 N–H and O–H groups in total. The summed E-state index contributed by atoms with van der Waals surface area (Å²) < 4.78 is 11.7. The Morgan fingerprint density at radius 1 is 0.850 bits per heavy atom. The van der Waals surface area contributed by atoms with Gasteiger partial charge in [-0.05, 0) is 42.9 Å². The summed E-state index contributed by atoms with van der Waals surface area (Å²) in [5.41, 5.74) is 1.31. The third-order valence-corrected chi connectivity index (χ3v) is 3.12. The van der Waals surface area contributed by atoms with Gasteiger partial charge in [0.15, 0.2) is 0 Å². The van der Waals surface area contributed by atoms with Gasteiger partial charge < -0.3 is 9.47 Å². The number of hydrogen-bond acceptors (Lipinski definition) is 2. The average Bonchev–Trinajstić information content (AvgIpc) is 2.38. The molecular formula is C18H30O2. The Labute approximate surface area is 124 Å². The van der Waals surface area contributed by atoms with Gasteiger partial charge in [0, 0.05) is 6.07 Å². The molecule has 0 heterocycles. The van der Waals surface area contributed by atoms with Crippen LogP contribution in [-0.4, -0.2) is 13.2 Å². The molecule has 20 heavy (non-hydrogen) atoms. The van der Waals surface area contributed by atoms with E-state index >= 15 is 0 Å². The van der Waals surface area contributed by atoms with Crippen molar-refractivity contribution in [2.24, 2.45) is 5.92 Å². The summed E-state index contributed by atoms with van der Waals surface area (Å²) in [4.78, 5) is 0. The van der Waals surface area contributed by atoms with E-state index < -0.39 is 0 Å². The van der Waals surface area contributed by atoms with Crippen molar-refractivity contribution in [3.8, 4) is 11.5 Å². The molecular weight excluding hydrogens is 248 g/mol. The largest absolute Gasteiger partial charge is 0.493 e. The van der Waals surface area contributed by atoms with Crippen molar-refractivity contribution < 1.29 is 9.47 Å². The first-order valence-corrected chi connectivity index (χ1v) is 8.05. The van der Waals surface area contributed by atoms with Gasteiger partial charge in [0.2, 0.25) is 0 Å². The van der Waals surface area contributed by atoms with Gasteiger partial charge in [0.1, 0.15) is 11.5 Å². The van der Waals surface area contributed by atoms with E-state index in [1.165, 1.54) is 5.56 Å². The fourth-order valence-electron chi connectivity index (χ4n) is 2.06. The van der Waals surface area contributed by atoms with Crippen molar-refractivity contribution in [2.75, 3.05) is 13.2 Å². The van der Waals surface area contributed by atoms with Crippen LogP contribution >= 0.6 is 0 Å². The van der Waals surface area contributed by atoms with Gasteiger partial charge in [0.05, 0.1) is 13.2 Å². The first-order valence-electron chi connectivity index (χ1n) is 8.05. The van der Waals surface area contributed by atoms with Crippen molar-refractivity contribution in [1.82, 2.24) is 0 Å². The van der Waals surface area contributed by atoms with Gasteiger partial charge in [-0.15, -0.1) is 0 Å². The standard InChI is InChI=1S/C18H30O2/c1-5-7-9-19-17-12-16(11-15(3)4)13-18(14-17)20-10-8-6-2/h12-15H,5-11H2,1-4H3. The maximum atomic E-state index is 5.84. The van der Waals surface area contributed by atoms with Crippen LogP contribution in [0.15, 0.2) is 18.2 Å². The van der Waals surface area contributed by atoms with Crippen molar-refractivity contribution in [1.29, 1.82) is 0 Å². The molecule has 0 spiro atoms. The molecule has 0 radical (unpaired) electrons. The van der Waals surface area contributed by atoms with Gasteiger partial charge in [-0.1, -0.05) is 40.5 Å². The van der Waals surface area contributed by atoms with E-state index in [9.17, 15) is 0 Å². The Balaban J connectivity index is 2.72. The molecule has 114 valence electrons. The van der Waals surface area contributed by atoms with E-state index in [2.05, 4.69) is 39.8 Å². The quantitative estimate of drug-likeness (QED) is 0.545. The molecule has 0 aromatic heterocycles. The minimum absolute atomic E-state index is 0.643. The fourth-order valence-corrected chi connectivity index (χ4v) is 2.06. The molecule has 2 heteroatoms. The molecule has 0 aliphatic rings. The zero-order valence-corrected chi connectivity index (χ0v) is 13.6. The highest BCUT2D eigenvalue weighted by Gasteiger charge is 2.05. The molecule has 0 amide bonds.